The van der Waals surface area contributed by atoms with E-state index in [4.69, 9.17) is 4.98 Å². The molecule has 0 aromatic carbocycles. The number of nitrogens with zero attached hydrogens (tertiary/aromatic N) is 2. The second-order valence-electron chi connectivity index (χ2n) is 10.6. The summed E-state index contributed by atoms with van der Waals surface area (Å²) in [6.07, 6.45) is 25.2. The molecule has 2 saturated carbocycles. The van der Waals surface area contributed by atoms with Crippen LogP contribution < -0.4 is 0 Å². The van der Waals surface area contributed by atoms with E-state index in [0.717, 1.165) is 30.6 Å². The number of hydrogen-bond acceptors (Lipinski definition) is 1. The van der Waals surface area contributed by atoms with Crippen LogP contribution in [-0.4, -0.2) is 9.55 Å². The predicted molar refractivity (Wildman–Crippen MR) is 116 cm³/mol. The van der Waals surface area contributed by atoms with Gasteiger partial charge in [-0.3, -0.25) is 0 Å². The summed E-state index contributed by atoms with van der Waals surface area (Å²) >= 11 is 0. The van der Waals surface area contributed by atoms with Crippen LogP contribution in [-0.2, 0) is 6.42 Å². The van der Waals surface area contributed by atoms with Gasteiger partial charge in [0.15, 0.2) is 0 Å². The first-order chi connectivity index (χ1) is 13.6. The molecule has 0 aliphatic heterocycles. The fourth-order valence-electron chi connectivity index (χ4n) is 8.01. The summed E-state index contributed by atoms with van der Waals surface area (Å²) in [5, 5.41) is 0. The second kappa shape index (κ2) is 5.97. The van der Waals surface area contributed by atoms with Crippen LogP contribution in [0.2, 0.25) is 0 Å². The Morgan fingerprint density at radius 1 is 1.00 bits per heavy atom. The summed E-state index contributed by atoms with van der Waals surface area (Å²) in [6, 6.07) is 0. The second-order valence-corrected chi connectivity index (χ2v) is 10.6. The molecule has 28 heavy (non-hydrogen) atoms. The van der Waals surface area contributed by atoms with Crippen LogP contribution in [0.15, 0.2) is 30.1 Å². The summed E-state index contributed by atoms with van der Waals surface area (Å²) in [7, 11) is 0. The van der Waals surface area contributed by atoms with Crippen molar-refractivity contribution in [1.82, 2.24) is 9.55 Å². The zero-order valence-corrected chi connectivity index (χ0v) is 17.6. The minimum Gasteiger partial charge on any atom is -0.306 e. The van der Waals surface area contributed by atoms with Crippen LogP contribution in [0.3, 0.4) is 0 Å². The average molecular weight is 375 g/mol. The number of fused-ring (bicyclic) bond motifs is 6. The maximum absolute atomic E-state index is 4.74. The Balaban J connectivity index is 1.35. The Bertz CT molecular complexity index is 900. The number of imidazole rings is 1. The van der Waals surface area contributed by atoms with Gasteiger partial charge in [-0.25, -0.2) is 4.98 Å². The number of hydrogen-bond donors (Lipinski definition) is 0. The summed E-state index contributed by atoms with van der Waals surface area (Å²) in [5.74, 6) is 2.60. The monoisotopic (exact) mass is 374 g/mol. The van der Waals surface area contributed by atoms with Gasteiger partial charge in [-0.15, -0.1) is 0 Å². The zero-order valence-electron chi connectivity index (χ0n) is 17.6. The average Bonchev–Trinajstić information content (AvgIpc) is 3.28. The molecule has 0 amide bonds. The van der Waals surface area contributed by atoms with Crippen molar-refractivity contribution in [2.45, 2.75) is 78.1 Å². The van der Waals surface area contributed by atoms with Crippen molar-refractivity contribution in [2.24, 2.45) is 28.6 Å². The van der Waals surface area contributed by atoms with Crippen LogP contribution in [0.5, 0.6) is 0 Å². The molecule has 2 heteroatoms. The van der Waals surface area contributed by atoms with Crippen molar-refractivity contribution in [3.05, 3.63) is 41.5 Å². The molecule has 148 valence electrons. The van der Waals surface area contributed by atoms with E-state index in [1.54, 1.807) is 5.70 Å². The molecule has 5 aliphatic carbocycles. The minimum atomic E-state index is 0.327. The SMILES string of the molecule is C[C@]12CCCCC1=CC[C@@H]1[C@@H]2CC[C@]2(C)C(n3cnc4c3CCC=C4)=CC[C@@H]12. The first-order valence-electron chi connectivity index (χ1n) is 11.7. The Labute approximate surface area is 169 Å². The zero-order chi connectivity index (χ0) is 18.9. The van der Waals surface area contributed by atoms with E-state index >= 15 is 0 Å². The number of allylic oxidation sites excluding steroid dienone is 5. The third kappa shape index (κ3) is 2.18. The van der Waals surface area contributed by atoms with Gasteiger partial charge in [0.25, 0.3) is 0 Å². The van der Waals surface area contributed by atoms with Crippen molar-refractivity contribution in [1.29, 1.82) is 0 Å². The maximum Gasteiger partial charge on any atom is 0.0999 e. The fraction of sp³-hybridized carbons (Fsp3) is 0.654. The highest BCUT2D eigenvalue weighted by molar-refractivity contribution is 5.61. The van der Waals surface area contributed by atoms with E-state index < -0.39 is 0 Å². The highest BCUT2D eigenvalue weighted by Crippen LogP contribution is 2.65. The van der Waals surface area contributed by atoms with Crippen LogP contribution >= 0.6 is 0 Å². The molecule has 5 atom stereocenters. The van der Waals surface area contributed by atoms with Crippen molar-refractivity contribution >= 4 is 11.8 Å². The molecule has 1 aromatic rings. The Morgan fingerprint density at radius 2 is 1.93 bits per heavy atom. The largest absolute Gasteiger partial charge is 0.306 e. The maximum atomic E-state index is 4.74. The topological polar surface area (TPSA) is 17.8 Å². The lowest BCUT2D eigenvalue weighted by Crippen LogP contribution is -2.49. The Morgan fingerprint density at radius 3 is 2.86 bits per heavy atom. The predicted octanol–water partition coefficient (Wildman–Crippen LogP) is 6.65. The van der Waals surface area contributed by atoms with Gasteiger partial charge in [0, 0.05) is 16.8 Å². The van der Waals surface area contributed by atoms with Gasteiger partial charge in [0.2, 0.25) is 0 Å². The van der Waals surface area contributed by atoms with Crippen molar-refractivity contribution in [3.63, 3.8) is 0 Å². The highest BCUT2D eigenvalue weighted by atomic mass is 15.1. The number of rotatable bonds is 1. The van der Waals surface area contributed by atoms with Crippen molar-refractivity contribution in [2.75, 3.05) is 0 Å². The van der Waals surface area contributed by atoms with Crippen molar-refractivity contribution in [3.8, 4) is 0 Å². The van der Waals surface area contributed by atoms with Gasteiger partial charge in [0.1, 0.15) is 0 Å². The normalized spacial score (nSPS) is 41.4. The molecule has 0 spiro atoms. The van der Waals surface area contributed by atoms with Gasteiger partial charge < -0.3 is 4.57 Å². The highest BCUT2D eigenvalue weighted by Gasteiger charge is 2.56. The quantitative estimate of drug-likeness (QED) is 0.503. The molecule has 2 fully saturated rings. The summed E-state index contributed by atoms with van der Waals surface area (Å²) in [6.45, 7) is 5.21. The van der Waals surface area contributed by atoms with E-state index in [2.05, 4.69) is 49.0 Å². The summed E-state index contributed by atoms with van der Waals surface area (Å²) in [4.78, 5) is 4.74. The third-order valence-corrected chi connectivity index (χ3v) is 9.54. The lowest BCUT2D eigenvalue weighted by molar-refractivity contribution is -0.0113. The summed E-state index contributed by atoms with van der Waals surface area (Å²) < 4.78 is 2.49. The van der Waals surface area contributed by atoms with Crippen molar-refractivity contribution < 1.29 is 0 Å². The molecular weight excluding hydrogens is 340 g/mol. The molecule has 0 saturated heterocycles. The molecule has 0 N–H and O–H groups in total. The Kier molecular flexibility index (Phi) is 3.69. The van der Waals surface area contributed by atoms with Crippen LogP contribution in [0.1, 0.15) is 83.0 Å². The third-order valence-electron chi connectivity index (χ3n) is 9.54. The van der Waals surface area contributed by atoms with Crippen LogP contribution in [0.25, 0.3) is 11.8 Å². The van der Waals surface area contributed by atoms with Gasteiger partial charge in [-0.2, -0.15) is 0 Å². The minimum absolute atomic E-state index is 0.327. The summed E-state index contributed by atoms with van der Waals surface area (Å²) in [5.41, 5.74) is 6.88. The molecule has 0 radical (unpaired) electrons. The molecule has 5 aliphatic rings. The Hall–Kier alpha value is -1.57. The van der Waals surface area contributed by atoms with E-state index in [-0.39, 0.29) is 0 Å². The fourth-order valence-corrected chi connectivity index (χ4v) is 8.01. The first kappa shape index (κ1) is 17.3. The molecule has 1 heterocycles. The van der Waals surface area contributed by atoms with E-state index in [1.165, 1.54) is 62.8 Å². The molecular formula is C26H34N2. The van der Waals surface area contributed by atoms with Gasteiger partial charge in [-0.05, 0) is 87.0 Å². The molecule has 1 aromatic heterocycles. The first-order valence-corrected chi connectivity index (χ1v) is 11.7. The van der Waals surface area contributed by atoms with Gasteiger partial charge in [-0.1, -0.05) is 44.1 Å². The van der Waals surface area contributed by atoms with Crippen LogP contribution in [0, 0.1) is 28.6 Å². The lowest BCUT2D eigenvalue weighted by atomic mass is 9.48. The van der Waals surface area contributed by atoms with Crippen LogP contribution in [0.4, 0.5) is 0 Å². The standard InChI is InChI=1S/C26H34N2/c1-25-15-6-5-7-18(25)10-11-19-20-12-13-24(26(20,2)16-14-21(19)25)28-17-27-22-8-3-4-9-23(22)28/h3,8,10,13,17,19-21H,4-7,9,11-12,14-16H2,1-2H3/t19-,20-,21-,25-,26-/m0/s1. The molecule has 2 nitrogen and oxygen atoms in total. The molecule has 0 unspecified atom stereocenters. The smallest absolute Gasteiger partial charge is 0.0999 e. The lowest BCUT2D eigenvalue weighted by Gasteiger charge is -2.57. The van der Waals surface area contributed by atoms with E-state index in [1.807, 2.05) is 5.57 Å². The van der Waals surface area contributed by atoms with E-state index in [0.29, 0.717) is 10.8 Å². The van der Waals surface area contributed by atoms with E-state index in [9.17, 15) is 0 Å². The van der Waals surface area contributed by atoms with Gasteiger partial charge >= 0.3 is 0 Å². The molecule has 6 rings (SSSR count). The number of aromatic nitrogens is 2. The molecule has 0 bridgehead atoms. The van der Waals surface area contributed by atoms with Gasteiger partial charge in [0.05, 0.1) is 12.0 Å².